The Balaban J connectivity index is 2.03. The van der Waals surface area contributed by atoms with Crippen molar-refractivity contribution < 1.29 is 14.7 Å². The molecule has 2 unspecified atom stereocenters. The number of hydrogen-bond acceptors (Lipinski definition) is 2. The van der Waals surface area contributed by atoms with E-state index in [1.165, 1.54) is 0 Å². The Morgan fingerprint density at radius 2 is 1.86 bits per heavy atom. The Hall–Kier alpha value is -1.52. The van der Waals surface area contributed by atoms with Gasteiger partial charge in [-0.25, -0.2) is 4.79 Å². The van der Waals surface area contributed by atoms with Gasteiger partial charge in [-0.2, -0.15) is 0 Å². The van der Waals surface area contributed by atoms with E-state index < -0.39 is 5.97 Å². The molecule has 2 rings (SSSR count). The second-order valence-electron chi connectivity index (χ2n) is 6.48. The van der Waals surface area contributed by atoms with Gasteiger partial charge in [-0.3, -0.25) is 4.79 Å². The monoisotopic (exact) mass is 294 g/mol. The highest BCUT2D eigenvalue weighted by molar-refractivity contribution is 5.76. The Morgan fingerprint density at radius 1 is 1.29 bits per heavy atom. The zero-order valence-electron chi connectivity index (χ0n) is 13.0. The number of urea groups is 1. The molecule has 2 aliphatic heterocycles. The van der Waals surface area contributed by atoms with E-state index in [0.717, 1.165) is 31.3 Å². The SMILES string of the molecule is C=C(C)CN(CC)C(=O)N1C2CCC1CC(CC(=O)O)C2. The zero-order chi connectivity index (χ0) is 15.6. The molecule has 2 atom stereocenters. The third-order valence-corrected chi connectivity index (χ3v) is 4.63. The Kier molecular flexibility index (Phi) is 4.91. The lowest BCUT2D eigenvalue weighted by Crippen LogP contribution is -2.52. The smallest absolute Gasteiger partial charge is 0.320 e. The van der Waals surface area contributed by atoms with Crippen molar-refractivity contribution in [3.05, 3.63) is 12.2 Å². The van der Waals surface area contributed by atoms with E-state index in [1.54, 1.807) is 0 Å². The molecule has 2 amide bonds. The summed E-state index contributed by atoms with van der Waals surface area (Å²) in [4.78, 5) is 27.5. The van der Waals surface area contributed by atoms with E-state index in [1.807, 2.05) is 23.6 Å². The molecule has 2 aliphatic rings. The van der Waals surface area contributed by atoms with Crippen LogP contribution < -0.4 is 0 Å². The van der Waals surface area contributed by atoms with Crippen molar-refractivity contribution in [1.29, 1.82) is 0 Å². The number of carboxylic acid groups (broad SMARTS) is 1. The molecule has 0 radical (unpaired) electrons. The summed E-state index contributed by atoms with van der Waals surface area (Å²) in [6.07, 6.45) is 3.92. The van der Waals surface area contributed by atoms with Crippen LogP contribution in [0.25, 0.3) is 0 Å². The molecule has 0 aliphatic carbocycles. The van der Waals surface area contributed by atoms with Gasteiger partial charge in [-0.15, -0.1) is 0 Å². The first-order valence-electron chi connectivity index (χ1n) is 7.85. The van der Waals surface area contributed by atoms with E-state index in [4.69, 9.17) is 5.11 Å². The number of fused-ring (bicyclic) bond motifs is 2. The minimum atomic E-state index is -0.725. The number of amides is 2. The van der Waals surface area contributed by atoms with Gasteiger partial charge in [0.05, 0.1) is 0 Å². The largest absolute Gasteiger partial charge is 0.481 e. The van der Waals surface area contributed by atoms with Crippen molar-refractivity contribution in [2.45, 2.75) is 58.0 Å². The van der Waals surface area contributed by atoms with Crippen LogP contribution in [-0.4, -0.2) is 52.1 Å². The molecule has 0 aromatic rings. The maximum absolute atomic E-state index is 12.7. The second-order valence-corrected chi connectivity index (χ2v) is 6.48. The summed E-state index contributed by atoms with van der Waals surface area (Å²) in [5, 5.41) is 8.96. The summed E-state index contributed by atoms with van der Waals surface area (Å²) in [5.74, 6) is -0.503. The fourth-order valence-corrected chi connectivity index (χ4v) is 3.82. The normalized spacial score (nSPS) is 27.5. The van der Waals surface area contributed by atoms with Crippen molar-refractivity contribution in [3.8, 4) is 0 Å². The van der Waals surface area contributed by atoms with Gasteiger partial charge in [0.1, 0.15) is 0 Å². The molecular weight excluding hydrogens is 268 g/mol. The standard InChI is InChI=1S/C16H26N2O3/c1-4-17(10-11(2)3)16(21)18-13-5-6-14(18)8-12(7-13)9-15(19)20/h12-14H,2,4-10H2,1,3H3,(H,19,20). The van der Waals surface area contributed by atoms with Gasteiger partial charge in [0, 0.05) is 31.6 Å². The number of hydrogen-bond donors (Lipinski definition) is 1. The predicted octanol–water partition coefficient (Wildman–Crippen LogP) is 2.72. The average molecular weight is 294 g/mol. The van der Waals surface area contributed by atoms with Crippen LogP contribution in [0.15, 0.2) is 12.2 Å². The fraction of sp³-hybridized carbons (Fsp3) is 0.750. The maximum atomic E-state index is 12.7. The number of carboxylic acids is 1. The van der Waals surface area contributed by atoms with Gasteiger partial charge in [-0.05, 0) is 45.4 Å². The molecule has 2 saturated heterocycles. The first-order valence-corrected chi connectivity index (χ1v) is 7.85. The lowest BCUT2D eigenvalue weighted by Gasteiger charge is -2.41. The molecule has 0 saturated carbocycles. The summed E-state index contributed by atoms with van der Waals surface area (Å²) in [6, 6.07) is 0.543. The molecular formula is C16H26N2O3. The maximum Gasteiger partial charge on any atom is 0.320 e. The molecule has 5 nitrogen and oxygen atoms in total. The van der Waals surface area contributed by atoms with E-state index in [-0.39, 0.29) is 30.5 Å². The summed E-state index contributed by atoms with van der Waals surface area (Å²) < 4.78 is 0. The number of piperidine rings is 1. The highest BCUT2D eigenvalue weighted by atomic mass is 16.4. The van der Waals surface area contributed by atoms with Crippen molar-refractivity contribution >= 4 is 12.0 Å². The number of carbonyl (C=O) groups is 2. The predicted molar refractivity (Wildman–Crippen MR) is 81.1 cm³/mol. The Labute approximate surface area is 126 Å². The van der Waals surface area contributed by atoms with E-state index in [2.05, 4.69) is 6.58 Å². The highest BCUT2D eigenvalue weighted by Crippen LogP contribution is 2.40. The van der Waals surface area contributed by atoms with Crippen LogP contribution in [-0.2, 0) is 4.79 Å². The fourth-order valence-electron chi connectivity index (χ4n) is 3.82. The summed E-state index contributed by atoms with van der Waals surface area (Å²) in [6.45, 7) is 9.09. The molecule has 5 heteroatoms. The molecule has 2 heterocycles. The van der Waals surface area contributed by atoms with Gasteiger partial charge < -0.3 is 14.9 Å². The van der Waals surface area contributed by atoms with Crippen LogP contribution >= 0.6 is 0 Å². The summed E-state index contributed by atoms with van der Waals surface area (Å²) in [5.41, 5.74) is 0.985. The quantitative estimate of drug-likeness (QED) is 0.793. The molecule has 0 aromatic carbocycles. The molecule has 0 spiro atoms. The van der Waals surface area contributed by atoms with Crippen LogP contribution in [0.2, 0.25) is 0 Å². The second kappa shape index (κ2) is 6.50. The van der Waals surface area contributed by atoms with Crippen molar-refractivity contribution in [2.24, 2.45) is 5.92 Å². The first kappa shape index (κ1) is 15.9. The van der Waals surface area contributed by atoms with Gasteiger partial charge in [0.25, 0.3) is 0 Å². The van der Waals surface area contributed by atoms with Crippen LogP contribution in [0.3, 0.4) is 0 Å². The number of likely N-dealkylation sites (N-methyl/N-ethyl adjacent to an activating group) is 1. The lowest BCUT2D eigenvalue weighted by molar-refractivity contribution is -0.138. The zero-order valence-corrected chi connectivity index (χ0v) is 13.0. The minimum Gasteiger partial charge on any atom is -0.481 e. The molecule has 2 bridgehead atoms. The van der Waals surface area contributed by atoms with Crippen LogP contribution in [0.5, 0.6) is 0 Å². The topological polar surface area (TPSA) is 60.9 Å². The van der Waals surface area contributed by atoms with Gasteiger partial charge in [0.15, 0.2) is 0 Å². The first-order chi connectivity index (χ1) is 9.92. The lowest BCUT2D eigenvalue weighted by atomic mass is 9.88. The number of nitrogens with zero attached hydrogens (tertiary/aromatic N) is 2. The third kappa shape index (κ3) is 3.57. The van der Waals surface area contributed by atoms with E-state index in [0.29, 0.717) is 13.1 Å². The summed E-state index contributed by atoms with van der Waals surface area (Å²) in [7, 11) is 0. The number of aliphatic carboxylic acids is 1. The molecule has 118 valence electrons. The summed E-state index contributed by atoms with van der Waals surface area (Å²) >= 11 is 0. The van der Waals surface area contributed by atoms with Crippen molar-refractivity contribution in [3.63, 3.8) is 0 Å². The Bertz CT molecular complexity index is 421. The minimum absolute atomic E-state index is 0.0989. The van der Waals surface area contributed by atoms with Crippen LogP contribution in [0.1, 0.15) is 46.0 Å². The molecule has 0 aromatic heterocycles. The van der Waals surface area contributed by atoms with Gasteiger partial charge in [-0.1, -0.05) is 12.2 Å². The highest BCUT2D eigenvalue weighted by Gasteiger charge is 2.44. The Morgan fingerprint density at radius 3 is 2.29 bits per heavy atom. The molecule has 1 N–H and O–H groups in total. The van der Waals surface area contributed by atoms with Gasteiger partial charge in [0.2, 0.25) is 0 Å². The number of rotatable bonds is 5. The van der Waals surface area contributed by atoms with Crippen LogP contribution in [0.4, 0.5) is 4.79 Å². The van der Waals surface area contributed by atoms with Crippen molar-refractivity contribution in [1.82, 2.24) is 9.80 Å². The third-order valence-electron chi connectivity index (χ3n) is 4.63. The molecule has 2 fully saturated rings. The van der Waals surface area contributed by atoms with E-state index in [9.17, 15) is 9.59 Å². The van der Waals surface area contributed by atoms with Gasteiger partial charge >= 0.3 is 12.0 Å². The molecule has 21 heavy (non-hydrogen) atoms. The number of carbonyl (C=O) groups excluding carboxylic acids is 1. The van der Waals surface area contributed by atoms with E-state index >= 15 is 0 Å². The van der Waals surface area contributed by atoms with Crippen molar-refractivity contribution in [2.75, 3.05) is 13.1 Å². The average Bonchev–Trinajstić information content (AvgIpc) is 2.66. The van der Waals surface area contributed by atoms with Crippen LogP contribution in [0, 0.1) is 5.92 Å².